The molecule has 0 radical (unpaired) electrons. The van der Waals surface area contributed by atoms with Gasteiger partial charge in [-0.1, -0.05) is 13.8 Å². The molecule has 5 heteroatoms. The maximum Gasteiger partial charge on any atom is 0.193 e. The van der Waals surface area contributed by atoms with Crippen LogP contribution in [0.15, 0.2) is 23.1 Å². The van der Waals surface area contributed by atoms with Crippen molar-refractivity contribution < 1.29 is 22.0 Å². The van der Waals surface area contributed by atoms with E-state index in [2.05, 4.69) is 0 Å². The molecule has 1 rings (SSSR count). The van der Waals surface area contributed by atoms with Gasteiger partial charge in [-0.2, -0.15) is 0 Å². The van der Waals surface area contributed by atoms with Crippen molar-refractivity contribution in [3.05, 3.63) is 23.1 Å². The summed E-state index contributed by atoms with van der Waals surface area (Å²) in [7, 11) is 0. The highest BCUT2D eigenvalue weighted by Crippen LogP contribution is 2.46. The lowest BCUT2D eigenvalue weighted by Crippen LogP contribution is -2.40. The SMILES string of the molecule is CCC1=C(F)C(F)=C(F)C(F)C1(F)CC. The van der Waals surface area contributed by atoms with Gasteiger partial charge < -0.3 is 0 Å². The van der Waals surface area contributed by atoms with Gasteiger partial charge in [0.2, 0.25) is 0 Å². The van der Waals surface area contributed by atoms with Crippen molar-refractivity contribution in [1.29, 1.82) is 0 Å². The zero-order valence-electron chi connectivity index (χ0n) is 8.38. The molecule has 2 unspecified atom stereocenters. The van der Waals surface area contributed by atoms with Crippen molar-refractivity contribution in [2.45, 2.75) is 38.5 Å². The molecular formula is C10H11F5. The first-order valence-electron chi connectivity index (χ1n) is 4.67. The number of allylic oxidation sites excluding steroid dienone is 4. The van der Waals surface area contributed by atoms with Crippen LogP contribution in [0.25, 0.3) is 0 Å². The Kier molecular flexibility index (Phi) is 3.21. The maximum absolute atomic E-state index is 13.9. The van der Waals surface area contributed by atoms with Gasteiger partial charge in [-0.25, -0.2) is 22.0 Å². The van der Waals surface area contributed by atoms with E-state index in [1.165, 1.54) is 13.8 Å². The highest BCUT2D eigenvalue weighted by atomic mass is 19.2. The predicted octanol–water partition coefficient (Wildman–Crippen LogP) is 4.24. The Balaban J connectivity index is 3.37. The van der Waals surface area contributed by atoms with E-state index >= 15 is 0 Å². The van der Waals surface area contributed by atoms with Gasteiger partial charge >= 0.3 is 0 Å². The molecular weight excluding hydrogens is 215 g/mol. The minimum atomic E-state index is -2.77. The second kappa shape index (κ2) is 3.94. The lowest BCUT2D eigenvalue weighted by molar-refractivity contribution is 0.0729. The lowest BCUT2D eigenvalue weighted by Gasteiger charge is -2.32. The van der Waals surface area contributed by atoms with Crippen LogP contribution < -0.4 is 0 Å². The highest BCUT2D eigenvalue weighted by Gasteiger charge is 2.50. The van der Waals surface area contributed by atoms with Crippen LogP contribution in [-0.2, 0) is 0 Å². The molecule has 0 aliphatic heterocycles. The van der Waals surface area contributed by atoms with Gasteiger partial charge in [0.25, 0.3) is 0 Å². The fourth-order valence-electron chi connectivity index (χ4n) is 1.73. The Morgan fingerprint density at radius 2 is 1.67 bits per heavy atom. The monoisotopic (exact) mass is 226 g/mol. The van der Waals surface area contributed by atoms with Gasteiger partial charge in [0, 0.05) is 5.57 Å². The summed E-state index contributed by atoms with van der Waals surface area (Å²) in [6.07, 6.45) is -3.39. The van der Waals surface area contributed by atoms with Crippen LogP contribution in [0.4, 0.5) is 22.0 Å². The topological polar surface area (TPSA) is 0 Å². The zero-order chi connectivity index (χ0) is 11.8. The van der Waals surface area contributed by atoms with Crippen LogP contribution in [0, 0.1) is 0 Å². The fraction of sp³-hybridized carbons (Fsp3) is 0.600. The van der Waals surface area contributed by atoms with Crippen molar-refractivity contribution in [3.63, 3.8) is 0 Å². The van der Waals surface area contributed by atoms with Gasteiger partial charge in [0.15, 0.2) is 29.3 Å². The van der Waals surface area contributed by atoms with Crippen LogP contribution >= 0.6 is 0 Å². The van der Waals surface area contributed by atoms with E-state index < -0.39 is 41.3 Å². The third-order valence-corrected chi connectivity index (χ3v) is 2.66. The maximum atomic E-state index is 13.9. The van der Waals surface area contributed by atoms with E-state index in [-0.39, 0.29) is 6.42 Å². The number of alkyl halides is 2. The van der Waals surface area contributed by atoms with Crippen LogP contribution in [0.2, 0.25) is 0 Å². The molecule has 1 aliphatic carbocycles. The molecule has 0 bridgehead atoms. The Morgan fingerprint density at radius 3 is 2.07 bits per heavy atom. The smallest absolute Gasteiger partial charge is 0.193 e. The molecule has 0 saturated heterocycles. The molecule has 0 aromatic carbocycles. The first-order chi connectivity index (χ1) is 6.90. The molecule has 0 nitrogen and oxygen atoms in total. The van der Waals surface area contributed by atoms with Crippen molar-refractivity contribution in [1.82, 2.24) is 0 Å². The Labute approximate surface area is 84.5 Å². The first-order valence-corrected chi connectivity index (χ1v) is 4.67. The van der Waals surface area contributed by atoms with Crippen molar-refractivity contribution >= 4 is 0 Å². The second-order valence-corrected chi connectivity index (χ2v) is 3.39. The largest absolute Gasteiger partial charge is 0.236 e. The van der Waals surface area contributed by atoms with Crippen molar-refractivity contribution in [3.8, 4) is 0 Å². The minimum Gasteiger partial charge on any atom is -0.236 e. The van der Waals surface area contributed by atoms with Crippen LogP contribution in [0.1, 0.15) is 26.7 Å². The summed E-state index contributed by atoms with van der Waals surface area (Å²) >= 11 is 0. The Morgan fingerprint density at radius 1 is 1.13 bits per heavy atom. The summed E-state index contributed by atoms with van der Waals surface area (Å²) in [6.45, 7) is 2.62. The molecule has 0 heterocycles. The van der Waals surface area contributed by atoms with E-state index in [4.69, 9.17) is 0 Å². The van der Waals surface area contributed by atoms with Crippen LogP contribution in [0.5, 0.6) is 0 Å². The molecule has 0 aromatic rings. The quantitative estimate of drug-likeness (QED) is 0.618. The molecule has 1 aliphatic rings. The Hall–Kier alpha value is -0.870. The highest BCUT2D eigenvalue weighted by molar-refractivity contribution is 5.41. The average Bonchev–Trinajstić information content (AvgIpc) is 2.24. The summed E-state index contributed by atoms with van der Waals surface area (Å²) in [6, 6.07) is 0. The molecule has 0 aromatic heterocycles. The van der Waals surface area contributed by atoms with E-state index in [1.54, 1.807) is 0 Å². The summed E-state index contributed by atoms with van der Waals surface area (Å²) in [5.41, 5.74) is -3.41. The van der Waals surface area contributed by atoms with Gasteiger partial charge in [-0.05, 0) is 12.8 Å². The number of hydrogen-bond donors (Lipinski definition) is 0. The van der Waals surface area contributed by atoms with E-state index in [1.807, 2.05) is 0 Å². The van der Waals surface area contributed by atoms with Crippen molar-refractivity contribution in [2.24, 2.45) is 0 Å². The number of halogens is 5. The van der Waals surface area contributed by atoms with E-state index in [0.29, 0.717) is 0 Å². The number of hydrogen-bond acceptors (Lipinski definition) is 0. The molecule has 0 saturated carbocycles. The summed E-state index contributed by atoms with van der Waals surface area (Å²) in [4.78, 5) is 0. The lowest BCUT2D eigenvalue weighted by atomic mass is 9.82. The predicted molar refractivity (Wildman–Crippen MR) is 46.7 cm³/mol. The van der Waals surface area contributed by atoms with Gasteiger partial charge in [-0.15, -0.1) is 0 Å². The molecule has 0 amide bonds. The van der Waals surface area contributed by atoms with Crippen LogP contribution in [-0.4, -0.2) is 11.8 Å². The molecule has 0 spiro atoms. The normalized spacial score (nSPS) is 32.6. The van der Waals surface area contributed by atoms with Crippen LogP contribution in [0.3, 0.4) is 0 Å². The van der Waals surface area contributed by atoms with Gasteiger partial charge in [0.05, 0.1) is 0 Å². The minimum absolute atomic E-state index is 0.197. The number of rotatable bonds is 2. The summed E-state index contributed by atoms with van der Waals surface area (Å²) in [5.74, 6) is -5.51. The summed E-state index contributed by atoms with van der Waals surface area (Å²) in [5, 5.41) is 0. The summed E-state index contributed by atoms with van der Waals surface area (Å²) < 4.78 is 65.9. The first kappa shape index (κ1) is 12.2. The van der Waals surface area contributed by atoms with Gasteiger partial charge in [-0.3, -0.25) is 0 Å². The Bertz CT molecular complexity index is 331. The standard InChI is InChI=1S/C10H11F5/c1-3-5-6(11)7(12)8(13)9(14)10(5,15)4-2/h9H,3-4H2,1-2H3. The molecule has 0 N–H and O–H groups in total. The average molecular weight is 226 g/mol. The van der Waals surface area contributed by atoms with Gasteiger partial charge in [0.1, 0.15) is 0 Å². The van der Waals surface area contributed by atoms with Crippen molar-refractivity contribution in [2.75, 3.05) is 0 Å². The molecule has 86 valence electrons. The molecule has 15 heavy (non-hydrogen) atoms. The van der Waals surface area contributed by atoms with E-state index in [0.717, 1.165) is 0 Å². The fourth-order valence-corrected chi connectivity index (χ4v) is 1.73. The second-order valence-electron chi connectivity index (χ2n) is 3.39. The third-order valence-electron chi connectivity index (χ3n) is 2.66. The molecule has 2 atom stereocenters. The third kappa shape index (κ3) is 1.58. The zero-order valence-corrected chi connectivity index (χ0v) is 8.38. The van der Waals surface area contributed by atoms with E-state index in [9.17, 15) is 22.0 Å². The molecule has 0 fully saturated rings.